The van der Waals surface area contributed by atoms with Crippen molar-refractivity contribution in [2.24, 2.45) is 5.92 Å². The Labute approximate surface area is 69.8 Å². The molecule has 0 aromatic rings. The Morgan fingerprint density at radius 3 is 2.45 bits per heavy atom. The van der Waals surface area contributed by atoms with Crippen LogP contribution in [0.4, 0.5) is 0 Å². The zero-order valence-electron chi connectivity index (χ0n) is 7.43. The molecule has 0 rings (SSSR count). The summed E-state index contributed by atoms with van der Waals surface area (Å²) in [6.45, 7) is 4.17. The van der Waals surface area contributed by atoms with E-state index < -0.39 is 6.10 Å². The molecule has 0 bridgehead atoms. The van der Waals surface area contributed by atoms with Gasteiger partial charge >= 0.3 is 0 Å². The maximum Gasteiger partial charge on any atom is 0.118 e. The first-order valence-corrected chi connectivity index (χ1v) is 4.36. The molecule has 0 saturated carbocycles. The van der Waals surface area contributed by atoms with Crippen molar-refractivity contribution in [3.8, 4) is 5.92 Å². The van der Waals surface area contributed by atoms with Gasteiger partial charge < -0.3 is 5.11 Å². The molecular weight excluding hydrogens is 136 g/mol. The highest BCUT2D eigenvalue weighted by atomic mass is 16.3. The smallest absolute Gasteiger partial charge is 0.118 e. The normalized spacial score (nSPS) is 15.5. The third-order valence-corrected chi connectivity index (χ3v) is 2.05. The second kappa shape index (κ2) is 6.24. The highest BCUT2D eigenvalue weighted by molar-refractivity contribution is 4.91. The summed E-state index contributed by atoms with van der Waals surface area (Å²) < 4.78 is 0. The van der Waals surface area contributed by atoms with Crippen LogP contribution in [-0.2, 0) is 0 Å². The summed E-state index contributed by atoms with van der Waals surface area (Å²) >= 11 is 0. The number of hydrogen-bond acceptors (Lipinski definition) is 1. The molecule has 1 radical (unpaired) electrons. The fourth-order valence-electron chi connectivity index (χ4n) is 1.17. The molecule has 63 valence electrons. The van der Waals surface area contributed by atoms with E-state index in [0.717, 1.165) is 25.7 Å². The van der Waals surface area contributed by atoms with E-state index in [4.69, 9.17) is 6.42 Å². The van der Waals surface area contributed by atoms with Crippen molar-refractivity contribution >= 4 is 0 Å². The Balaban J connectivity index is 3.67. The summed E-state index contributed by atoms with van der Waals surface area (Å²) in [5.41, 5.74) is 0. The van der Waals surface area contributed by atoms with Crippen LogP contribution in [0.3, 0.4) is 0 Å². The van der Waals surface area contributed by atoms with Crippen LogP contribution in [0.5, 0.6) is 0 Å². The van der Waals surface area contributed by atoms with Crippen LogP contribution < -0.4 is 0 Å². The zero-order chi connectivity index (χ0) is 8.69. The van der Waals surface area contributed by atoms with Gasteiger partial charge in [-0.3, -0.25) is 0 Å². The summed E-state index contributed by atoms with van der Waals surface area (Å²) in [5, 5.41) is 9.25. The predicted molar refractivity (Wildman–Crippen MR) is 46.4 cm³/mol. The van der Waals surface area contributed by atoms with Gasteiger partial charge in [-0.1, -0.05) is 32.6 Å². The van der Waals surface area contributed by atoms with E-state index in [1.165, 1.54) is 0 Å². The Kier molecular flexibility index (Phi) is 5.97. The molecular formula is C10H17O. The summed E-state index contributed by atoms with van der Waals surface area (Å²) in [5.74, 6) is 2.37. The first-order chi connectivity index (χ1) is 5.26. The fourth-order valence-corrected chi connectivity index (χ4v) is 1.17. The van der Waals surface area contributed by atoms with Crippen LogP contribution in [0.25, 0.3) is 0 Å². The molecule has 1 N–H and O–H groups in total. The van der Waals surface area contributed by atoms with E-state index in [2.05, 4.69) is 12.8 Å². The van der Waals surface area contributed by atoms with Gasteiger partial charge in [0.25, 0.3) is 0 Å². The van der Waals surface area contributed by atoms with Gasteiger partial charge in [0.05, 0.1) is 0 Å². The second-order valence-corrected chi connectivity index (χ2v) is 2.90. The van der Waals surface area contributed by atoms with Crippen molar-refractivity contribution in [3.05, 3.63) is 6.42 Å². The largest absolute Gasteiger partial charge is 0.380 e. The van der Waals surface area contributed by atoms with Crippen LogP contribution in [0.1, 0.15) is 39.5 Å². The summed E-state index contributed by atoms with van der Waals surface area (Å²) in [6.07, 6.45) is 10.4. The molecule has 0 amide bonds. The lowest BCUT2D eigenvalue weighted by molar-refractivity contribution is 0.150. The number of unbranched alkanes of at least 4 members (excludes halogenated alkanes) is 1. The van der Waals surface area contributed by atoms with E-state index in [0.29, 0.717) is 0 Å². The maximum absolute atomic E-state index is 9.25. The van der Waals surface area contributed by atoms with E-state index in [9.17, 15) is 5.11 Å². The molecule has 0 spiro atoms. The van der Waals surface area contributed by atoms with Crippen molar-refractivity contribution in [1.82, 2.24) is 0 Å². The quantitative estimate of drug-likeness (QED) is 0.600. The van der Waals surface area contributed by atoms with Crippen LogP contribution >= 0.6 is 0 Å². The lowest BCUT2D eigenvalue weighted by Gasteiger charge is -2.15. The van der Waals surface area contributed by atoms with Crippen LogP contribution in [-0.4, -0.2) is 11.2 Å². The summed E-state index contributed by atoms with van der Waals surface area (Å²) in [6, 6.07) is 0. The van der Waals surface area contributed by atoms with Crippen molar-refractivity contribution in [1.29, 1.82) is 0 Å². The standard InChI is InChI=1S/C10H17O/c1-4-7-8-9(5-2)10(11)6-3/h9-11H,4-5,7-8H2,1-2H3. The van der Waals surface area contributed by atoms with Gasteiger partial charge in [0.1, 0.15) is 6.10 Å². The van der Waals surface area contributed by atoms with E-state index in [1.54, 1.807) is 0 Å². The minimum Gasteiger partial charge on any atom is -0.380 e. The third-order valence-electron chi connectivity index (χ3n) is 2.05. The Hall–Kier alpha value is -0.480. The maximum atomic E-state index is 9.25. The van der Waals surface area contributed by atoms with Gasteiger partial charge in [0, 0.05) is 0 Å². The highest BCUT2D eigenvalue weighted by Gasteiger charge is 2.13. The van der Waals surface area contributed by atoms with Gasteiger partial charge in [0.15, 0.2) is 0 Å². The molecule has 0 aliphatic rings. The topological polar surface area (TPSA) is 20.2 Å². The van der Waals surface area contributed by atoms with Crippen molar-refractivity contribution in [2.75, 3.05) is 0 Å². The monoisotopic (exact) mass is 153 g/mol. The lowest BCUT2D eigenvalue weighted by atomic mass is 9.94. The minimum absolute atomic E-state index is 0.243. The molecule has 0 aromatic heterocycles. The Morgan fingerprint density at radius 1 is 1.45 bits per heavy atom. The summed E-state index contributed by atoms with van der Waals surface area (Å²) in [7, 11) is 0. The fraction of sp³-hybridized carbons (Fsp3) is 0.800. The molecule has 0 heterocycles. The molecule has 11 heavy (non-hydrogen) atoms. The predicted octanol–water partition coefficient (Wildman–Crippen LogP) is 2.15. The van der Waals surface area contributed by atoms with Crippen LogP contribution in [0.15, 0.2) is 0 Å². The van der Waals surface area contributed by atoms with E-state index in [-0.39, 0.29) is 5.92 Å². The van der Waals surface area contributed by atoms with Gasteiger partial charge in [-0.15, -0.1) is 0 Å². The van der Waals surface area contributed by atoms with E-state index in [1.807, 2.05) is 6.92 Å². The lowest BCUT2D eigenvalue weighted by Crippen LogP contribution is -2.17. The third kappa shape index (κ3) is 4.06. The molecule has 2 atom stereocenters. The van der Waals surface area contributed by atoms with Crippen LogP contribution in [0.2, 0.25) is 0 Å². The molecule has 0 aliphatic heterocycles. The van der Waals surface area contributed by atoms with Crippen molar-refractivity contribution < 1.29 is 5.11 Å². The SMILES string of the molecule is [C]#CC(O)C(CC)CCCC. The number of aliphatic hydroxyl groups is 1. The molecule has 1 heteroatoms. The molecule has 0 aromatic carbocycles. The van der Waals surface area contributed by atoms with Gasteiger partial charge in [-0.2, -0.15) is 0 Å². The Morgan fingerprint density at radius 2 is 2.09 bits per heavy atom. The molecule has 2 unspecified atom stereocenters. The Bertz CT molecular complexity index is 123. The van der Waals surface area contributed by atoms with Gasteiger partial charge in [0.2, 0.25) is 0 Å². The van der Waals surface area contributed by atoms with Crippen LogP contribution in [0, 0.1) is 18.3 Å². The molecule has 0 aliphatic carbocycles. The highest BCUT2D eigenvalue weighted by Crippen LogP contribution is 2.16. The minimum atomic E-state index is -0.647. The van der Waals surface area contributed by atoms with Gasteiger partial charge in [-0.05, 0) is 25.2 Å². The molecule has 1 nitrogen and oxygen atoms in total. The first-order valence-electron chi connectivity index (χ1n) is 4.36. The number of aliphatic hydroxyl groups excluding tert-OH is 1. The summed E-state index contributed by atoms with van der Waals surface area (Å²) in [4.78, 5) is 0. The zero-order valence-corrected chi connectivity index (χ0v) is 7.43. The van der Waals surface area contributed by atoms with Crippen molar-refractivity contribution in [2.45, 2.75) is 45.6 Å². The van der Waals surface area contributed by atoms with Gasteiger partial charge in [-0.25, -0.2) is 0 Å². The van der Waals surface area contributed by atoms with E-state index >= 15 is 0 Å². The van der Waals surface area contributed by atoms with Crippen molar-refractivity contribution in [3.63, 3.8) is 0 Å². The number of hydrogen-bond donors (Lipinski definition) is 1. The average Bonchev–Trinajstić information content (AvgIpc) is 2.05. The molecule has 0 saturated heterocycles. The first kappa shape index (κ1) is 10.5. The number of rotatable bonds is 5. The second-order valence-electron chi connectivity index (χ2n) is 2.90. The molecule has 0 fully saturated rings. The average molecular weight is 153 g/mol.